The van der Waals surface area contributed by atoms with Crippen LogP contribution in [0.4, 0.5) is 5.69 Å². The van der Waals surface area contributed by atoms with Crippen molar-refractivity contribution in [2.75, 3.05) is 12.4 Å². The van der Waals surface area contributed by atoms with E-state index in [4.69, 9.17) is 16.3 Å². The maximum atomic E-state index is 13.0. The van der Waals surface area contributed by atoms with Gasteiger partial charge in [0, 0.05) is 5.02 Å². The van der Waals surface area contributed by atoms with E-state index in [1.807, 2.05) is 30.3 Å². The lowest BCUT2D eigenvalue weighted by molar-refractivity contribution is -0.117. The Morgan fingerprint density at radius 3 is 2.27 bits per heavy atom. The van der Waals surface area contributed by atoms with Gasteiger partial charge in [-0.05, 0) is 48.4 Å². The van der Waals surface area contributed by atoms with Gasteiger partial charge < -0.3 is 10.1 Å². The van der Waals surface area contributed by atoms with Gasteiger partial charge in [0.2, 0.25) is 15.9 Å². The zero-order chi connectivity index (χ0) is 21.6. The minimum absolute atomic E-state index is 0.0232. The smallest absolute Gasteiger partial charge is 0.243 e. The molecule has 156 valence electrons. The number of para-hydroxylation sites is 2. The summed E-state index contributed by atoms with van der Waals surface area (Å²) in [6.07, 6.45) is 0.175. The van der Waals surface area contributed by atoms with Gasteiger partial charge in [-0.25, -0.2) is 8.42 Å². The van der Waals surface area contributed by atoms with Crippen molar-refractivity contribution >= 4 is 33.2 Å². The number of nitrogens with one attached hydrogen (secondary N) is 2. The Kier molecular flexibility index (Phi) is 7.10. The van der Waals surface area contributed by atoms with Crippen LogP contribution in [0.25, 0.3) is 0 Å². The monoisotopic (exact) mass is 444 g/mol. The van der Waals surface area contributed by atoms with Crippen molar-refractivity contribution in [3.8, 4) is 5.75 Å². The highest BCUT2D eigenvalue weighted by molar-refractivity contribution is 7.89. The predicted molar refractivity (Wildman–Crippen MR) is 117 cm³/mol. The van der Waals surface area contributed by atoms with Crippen LogP contribution in [0.3, 0.4) is 0 Å². The summed E-state index contributed by atoms with van der Waals surface area (Å²) in [5.74, 6) is -0.0224. The van der Waals surface area contributed by atoms with E-state index >= 15 is 0 Å². The lowest BCUT2D eigenvalue weighted by Gasteiger charge is -2.19. The molecule has 3 aromatic carbocycles. The van der Waals surface area contributed by atoms with Crippen LogP contribution in [0.15, 0.2) is 83.8 Å². The van der Waals surface area contributed by atoms with Gasteiger partial charge in [0.15, 0.2) is 0 Å². The van der Waals surface area contributed by atoms with Crippen molar-refractivity contribution in [3.05, 3.63) is 89.4 Å². The summed E-state index contributed by atoms with van der Waals surface area (Å²) in [6.45, 7) is 0. The fourth-order valence-corrected chi connectivity index (χ4v) is 4.20. The molecule has 1 amide bonds. The molecule has 0 bridgehead atoms. The van der Waals surface area contributed by atoms with Crippen LogP contribution in [0.1, 0.15) is 5.56 Å². The maximum Gasteiger partial charge on any atom is 0.243 e. The lowest BCUT2D eigenvalue weighted by Crippen LogP contribution is -2.45. The van der Waals surface area contributed by atoms with Crippen LogP contribution in [0, 0.1) is 0 Å². The molecule has 3 rings (SSSR count). The van der Waals surface area contributed by atoms with Crippen LogP contribution in [-0.2, 0) is 21.2 Å². The first-order valence-electron chi connectivity index (χ1n) is 9.15. The van der Waals surface area contributed by atoms with Crippen molar-refractivity contribution in [3.63, 3.8) is 0 Å². The molecule has 0 radical (unpaired) electrons. The second-order valence-electron chi connectivity index (χ2n) is 6.51. The average molecular weight is 445 g/mol. The zero-order valence-electron chi connectivity index (χ0n) is 16.2. The highest BCUT2D eigenvalue weighted by Crippen LogP contribution is 2.23. The number of hydrogen-bond acceptors (Lipinski definition) is 4. The van der Waals surface area contributed by atoms with E-state index in [0.29, 0.717) is 16.5 Å². The molecule has 0 aliphatic rings. The first kappa shape index (κ1) is 21.8. The summed E-state index contributed by atoms with van der Waals surface area (Å²) in [6, 6.07) is 20.8. The molecule has 0 aliphatic heterocycles. The molecule has 0 aromatic heterocycles. The summed E-state index contributed by atoms with van der Waals surface area (Å²) in [5, 5.41) is 3.17. The molecule has 0 saturated carbocycles. The molecular weight excluding hydrogens is 424 g/mol. The van der Waals surface area contributed by atoms with E-state index in [2.05, 4.69) is 10.0 Å². The molecule has 3 aromatic rings. The Morgan fingerprint density at radius 2 is 1.60 bits per heavy atom. The van der Waals surface area contributed by atoms with E-state index in [9.17, 15) is 13.2 Å². The number of amides is 1. The summed E-state index contributed by atoms with van der Waals surface area (Å²) >= 11 is 5.85. The van der Waals surface area contributed by atoms with Crippen LogP contribution < -0.4 is 14.8 Å². The molecule has 30 heavy (non-hydrogen) atoms. The molecular formula is C22H21ClN2O4S. The summed E-state index contributed by atoms with van der Waals surface area (Å²) in [5.41, 5.74) is 1.27. The van der Waals surface area contributed by atoms with Gasteiger partial charge in [0.1, 0.15) is 11.8 Å². The topological polar surface area (TPSA) is 84.5 Å². The number of carbonyl (C=O) groups excluding carboxylic acids is 1. The third-order valence-corrected chi connectivity index (χ3v) is 6.12. The lowest BCUT2D eigenvalue weighted by atomic mass is 10.1. The Bertz CT molecular complexity index is 1100. The number of methoxy groups -OCH3 is 1. The molecule has 0 saturated heterocycles. The number of carbonyl (C=O) groups is 1. The number of anilines is 1. The van der Waals surface area contributed by atoms with Crippen molar-refractivity contribution in [2.45, 2.75) is 17.4 Å². The third-order valence-electron chi connectivity index (χ3n) is 4.39. The van der Waals surface area contributed by atoms with Gasteiger partial charge in [0.25, 0.3) is 0 Å². The molecule has 1 atom stereocenters. The molecule has 0 fully saturated rings. The first-order chi connectivity index (χ1) is 14.4. The predicted octanol–water partition coefficient (Wildman–Crippen LogP) is 3.88. The average Bonchev–Trinajstić information content (AvgIpc) is 2.74. The number of halogens is 1. The molecule has 8 heteroatoms. The molecule has 0 unspecified atom stereocenters. The SMILES string of the molecule is COc1ccccc1NC(=O)[C@H](Cc1ccccc1)NS(=O)(=O)c1ccc(Cl)cc1. The second-order valence-corrected chi connectivity index (χ2v) is 8.66. The molecule has 6 nitrogen and oxygen atoms in total. The number of rotatable bonds is 8. The zero-order valence-corrected chi connectivity index (χ0v) is 17.8. The number of sulfonamides is 1. The first-order valence-corrected chi connectivity index (χ1v) is 11.0. The van der Waals surface area contributed by atoms with E-state index in [-0.39, 0.29) is 11.3 Å². The van der Waals surface area contributed by atoms with Crippen molar-refractivity contribution in [1.82, 2.24) is 4.72 Å². The van der Waals surface area contributed by atoms with Crippen LogP contribution in [-0.4, -0.2) is 27.5 Å². The van der Waals surface area contributed by atoms with E-state index in [1.54, 1.807) is 24.3 Å². The molecule has 2 N–H and O–H groups in total. The molecule has 0 heterocycles. The summed E-state index contributed by atoms with van der Waals surface area (Å²) in [7, 11) is -2.45. The maximum absolute atomic E-state index is 13.0. The standard InChI is InChI=1S/C22H21ClN2O4S/c1-29-21-10-6-5-9-19(21)24-22(26)20(15-16-7-3-2-4-8-16)25-30(27,28)18-13-11-17(23)12-14-18/h2-14,20,25H,15H2,1H3,(H,24,26)/t20-/m0/s1. The van der Waals surface area contributed by atoms with E-state index in [0.717, 1.165) is 5.56 Å². The van der Waals surface area contributed by atoms with Gasteiger partial charge in [-0.2, -0.15) is 4.72 Å². The fraction of sp³-hybridized carbons (Fsp3) is 0.136. The van der Waals surface area contributed by atoms with Crippen molar-refractivity contribution < 1.29 is 17.9 Å². The quantitative estimate of drug-likeness (QED) is 0.552. The van der Waals surface area contributed by atoms with Crippen molar-refractivity contribution in [1.29, 1.82) is 0 Å². The van der Waals surface area contributed by atoms with Gasteiger partial charge >= 0.3 is 0 Å². The van der Waals surface area contributed by atoms with Crippen LogP contribution in [0.5, 0.6) is 5.75 Å². The highest BCUT2D eigenvalue weighted by atomic mass is 35.5. The number of benzene rings is 3. The minimum Gasteiger partial charge on any atom is -0.495 e. The van der Waals surface area contributed by atoms with Gasteiger partial charge in [-0.15, -0.1) is 0 Å². The van der Waals surface area contributed by atoms with E-state index in [1.165, 1.54) is 31.4 Å². The Hall–Kier alpha value is -2.87. The fourth-order valence-electron chi connectivity index (χ4n) is 2.87. The van der Waals surface area contributed by atoms with Gasteiger partial charge in [0.05, 0.1) is 17.7 Å². The van der Waals surface area contributed by atoms with Gasteiger partial charge in [-0.1, -0.05) is 54.1 Å². The van der Waals surface area contributed by atoms with Crippen LogP contribution >= 0.6 is 11.6 Å². The number of ether oxygens (including phenoxy) is 1. The van der Waals surface area contributed by atoms with Crippen LogP contribution in [0.2, 0.25) is 5.02 Å². The number of hydrogen-bond donors (Lipinski definition) is 2. The third kappa shape index (κ3) is 5.60. The van der Waals surface area contributed by atoms with E-state index < -0.39 is 22.0 Å². The molecule has 0 spiro atoms. The molecule has 0 aliphatic carbocycles. The second kappa shape index (κ2) is 9.75. The summed E-state index contributed by atoms with van der Waals surface area (Å²) < 4.78 is 33.5. The Morgan fingerprint density at radius 1 is 0.967 bits per heavy atom. The van der Waals surface area contributed by atoms with Crippen molar-refractivity contribution in [2.24, 2.45) is 0 Å². The Labute approximate surface area is 180 Å². The highest BCUT2D eigenvalue weighted by Gasteiger charge is 2.26. The largest absolute Gasteiger partial charge is 0.495 e. The summed E-state index contributed by atoms with van der Waals surface area (Å²) in [4.78, 5) is 13.1. The normalized spacial score (nSPS) is 12.2. The van der Waals surface area contributed by atoms with Gasteiger partial charge in [-0.3, -0.25) is 4.79 Å². The minimum atomic E-state index is -3.95. The Balaban J connectivity index is 1.88.